The number of urea groups is 1. The highest BCUT2D eigenvalue weighted by Crippen LogP contribution is 2.18. The molecule has 3 amide bonds. The molecule has 1 aromatic heterocycles. The Morgan fingerprint density at radius 3 is 2.69 bits per heavy atom. The van der Waals surface area contributed by atoms with E-state index < -0.39 is 24.0 Å². The molecule has 1 aliphatic carbocycles. The first kappa shape index (κ1) is 17.6. The molecule has 0 radical (unpaired) electrons. The summed E-state index contributed by atoms with van der Waals surface area (Å²) >= 11 is 0. The van der Waals surface area contributed by atoms with Gasteiger partial charge in [-0.25, -0.2) is 14.3 Å². The Bertz CT molecular complexity index is 800. The molecule has 1 heterocycles. The summed E-state index contributed by atoms with van der Waals surface area (Å²) in [5.74, 6) is -1.48. The van der Waals surface area contributed by atoms with Crippen molar-refractivity contribution in [3.8, 4) is 0 Å². The van der Waals surface area contributed by atoms with Gasteiger partial charge in [-0.3, -0.25) is 10.1 Å². The Kier molecular flexibility index (Phi) is 5.26. The Morgan fingerprint density at radius 1 is 1.27 bits per heavy atom. The van der Waals surface area contributed by atoms with Gasteiger partial charge >= 0.3 is 12.0 Å². The fraction of sp³-hybridized carbons (Fsp3) is 0.353. The quantitative estimate of drug-likeness (QED) is 0.741. The van der Waals surface area contributed by atoms with Crippen LogP contribution < -0.4 is 10.6 Å². The van der Waals surface area contributed by atoms with E-state index in [9.17, 15) is 14.4 Å². The molecule has 1 aromatic carbocycles. The van der Waals surface area contributed by atoms with Gasteiger partial charge in [0.05, 0.1) is 12.7 Å². The molecule has 1 aliphatic rings. The molecule has 1 unspecified atom stereocenters. The monoisotopic (exact) mass is 357 g/mol. The van der Waals surface area contributed by atoms with Gasteiger partial charge in [0.2, 0.25) is 0 Å². The topological polar surface area (TPSA) is 115 Å². The first-order valence-corrected chi connectivity index (χ1v) is 8.27. The van der Waals surface area contributed by atoms with Crippen LogP contribution in [0.3, 0.4) is 0 Å². The molecule has 1 atom stereocenters. The second-order valence-electron chi connectivity index (χ2n) is 6.07. The summed E-state index contributed by atoms with van der Waals surface area (Å²) in [5, 5.41) is 12.4. The molecule has 0 saturated heterocycles. The first-order valence-electron chi connectivity index (χ1n) is 8.27. The maximum absolute atomic E-state index is 12.1. The van der Waals surface area contributed by atoms with Crippen molar-refractivity contribution in [2.45, 2.75) is 38.5 Å². The van der Waals surface area contributed by atoms with Crippen molar-refractivity contribution in [2.24, 2.45) is 0 Å². The van der Waals surface area contributed by atoms with Crippen LogP contribution in [0.1, 0.15) is 35.8 Å². The van der Waals surface area contributed by atoms with Gasteiger partial charge in [-0.05, 0) is 25.3 Å². The van der Waals surface area contributed by atoms with E-state index in [1.807, 2.05) is 30.3 Å². The zero-order valence-electron chi connectivity index (χ0n) is 14.2. The molecule has 3 rings (SSSR count). The summed E-state index contributed by atoms with van der Waals surface area (Å²) in [6, 6.07) is 9.11. The maximum Gasteiger partial charge on any atom is 0.361 e. The summed E-state index contributed by atoms with van der Waals surface area (Å²) in [6.07, 6.45) is 2.13. The lowest BCUT2D eigenvalue weighted by Gasteiger charge is -2.12. The minimum Gasteiger partial charge on any atom is -0.448 e. The number of nitrogens with one attached hydrogen (secondary N) is 2. The van der Waals surface area contributed by atoms with E-state index in [1.54, 1.807) is 0 Å². The predicted octanol–water partition coefficient (Wildman–Crippen LogP) is 0.860. The zero-order chi connectivity index (χ0) is 18.5. The van der Waals surface area contributed by atoms with Crippen LogP contribution in [-0.4, -0.2) is 45.0 Å². The number of benzene rings is 1. The van der Waals surface area contributed by atoms with Crippen molar-refractivity contribution in [1.29, 1.82) is 0 Å². The van der Waals surface area contributed by atoms with E-state index in [0.717, 1.165) is 18.4 Å². The number of carbonyl (C=O) groups is 3. The maximum atomic E-state index is 12.1. The number of rotatable bonds is 6. The number of amides is 3. The number of aromatic nitrogens is 3. The smallest absolute Gasteiger partial charge is 0.361 e. The SMILES string of the molecule is CC(OC(=O)c1cn(Cc2ccccc2)nn1)C(=O)NC(=O)NC1CC1. The van der Waals surface area contributed by atoms with Gasteiger partial charge < -0.3 is 10.1 Å². The minimum atomic E-state index is -1.13. The highest BCUT2D eigenvalue weighted by molar-refractivity contribution is 5.98. The van der Waals surface area contributed by atoms with Gasteiger partial charge in [0.25, 0.3) is 5.91 Å². The molecule has 1 fully saturated rings. The Morgan fingerprint density at radius 2 is 2.00 bits per heavy atom. The molecule has 0 aliphatic heterocycles. The number of carbonyl (C=O) groups excluding carboxylic acids is 3. The standard InChI is InChI=1S/C17H19N5O4/c1-11(15(23)19-17(25)18-13-7-8-13)26-16(24)14-10-22(21-20-14)9-12-5-3-2-4-6-12/h2-6,10-11,13H,7-9H2,1H3,(H2,18,19,23,25). The van der Waals surface area contributed by atoms with Crippen molar-refractivity contribution in [2.75, 3.05) is 0 Å². The van der Waals surface area contributed by atoms with E-state index >= 15 is 0 Å². The lowest BCUT2D eigenvalue weighted by Crippen LogP contribution is -2.45. The molecule has 26 heavy (non-hydrogen) atoms. The molecule has 9 nitrogen and oxygen atoms in total. The molecule has 2 N–H and O–H groups in total. The van der Waals surface area contributed by atoms with E-state index in [1.165, 1.54) is 17.8 Å². The number of hydrogen-bond acceptors (Lipinski definition) is 6. The van der Waals surface area contributed by atoms with E-state index in [-0.39, 0.29) is 11.7 Å². The van der Waals surface area contributed by atoms with E-state index in [0.29, 0.717) is 6.54 Å². The van der Waals surface area contributed by atoms with Gasteiger partial charge in [-0.2, -0.15) is 0 Å². The van der Waals surface area contributed by atoms with Gasteiger partial charge in [-0.1, -0.05) is 35.5 Å². The van der Waals surface area contributed by atoms with E-state index in [2.05, 4.69) is 20.9 Å². The van der Waals surface area contributed by atoms with Crippen molar-refractivity contribution in [1.82, 2.24) is 25.6 Å². The zero-order valence-corrected chi connectivity index (χ0v) is 14.2. The molecule has 9 heteroatoms. The normalized spacial score (nSPS) is 14.3. The minimum absolute atomic E-state index is 0.0111. The van der Waals surface area contributed by atoms with Crippen LogP contribution in [0.2, 0.25) is 0 Å². The summed E-state index contributed by atoms with van der Waals surface area (Å²) in [7, 11) is 0. The highest BCUT2D eigenvalue weighted by Gasteiger charge is 2.26. The van der Waals surface area contributed by atoms with Crippen LogP contribution in [0.15, 0.2) is 36.5 Å². The summed E-state index contributed by atoms with van der Waals surface area (Å²) < 4.78 is 6.54. The van der Waals surface area contributed by atoms with Crippen LogP contribution in [-0.2, 0) is 16.1 Å². The summed E-state index contributed by atoms with van der Waals surface area (Å²) in [5.41, 5.74) is 0.995. The van der Waals surface area contributed by atoms with Crippen molar-refractivity contribution in [3.63, 3.8) is 0 Å². The Balaban J connectivity index is 1.50. The molecule has 1 saturated carbocycles. The van der Waals surface area contributed by atoms with Gasteiger partial charge in [0.15, 0.2) is 11.8 Å². The number of ether oxygens (including phenoxy) is 1. The highest BCUT2D eigenvalue weighted by atomic mass is 16.5. The Labute approximate surface area is 149 Å². The average molecular weight is 357 g/mol. The van der Waals surface area contributed by atoms with Crippen LogP contribution in [0.5, 0.6) is 0 Å². The molecule has 0 bridgehead atoms. The third kappa shape index (κ3) is 4.88. The van der Waals surface area contributed by atoms with Crippen molar-refractivity contribution in [3.05, 3.63) is 47.8 Å². The second kappa shape index (κ2) is 7.77. The van der Waals surface area contributed by atoms with Crippen molar-refractivity contribution < 1.29 is 19.1 Å². The molecule has 136 valence electrons. The first-order chi connectivity index (χ1) is 12.5. The fourth-order valence-corrected chi connectivity index (χ4v) is 2.18. The van der Waals surface area contributed by atoms with Gasteiger partial charge in [-0.15, -0.1) is 5.10 Å². The summed E-state index contributed by atoms with van der Waals surface area (Å²) in [6.45, 7) is 1.84. The van der Waals surface area contributed by atoms with Crippen LogP contribution in [0, 0.1) is 0 Å². The molecular weight excluding hydrogens is 338 g/mol. The third-order valence-electron chi connectivity index (χ3n) is 3.74. The number of esters is 1. The number of nitrogens with zero attached hydrogens (tertiary/aromatic N) is 3. The van der Waals surface area contributed by atoms with Gasteiger partial charge in [0.1, 0.15) is 0 Å². The second-order valence-corrected chi connectivity index (χ2v) is 6.07. The number of imide groups is 1. The number of hydrogen-bond donors (Lipinski definition) is 2. The van der Waals surface area contributed by atoms with Gasteiger partial charge in [0, 0.05) is 6.04 Å². The fourth-order valence-electron chi connectivity index (χ4n) is 2.18. The Hall–Kier alpha value is -3.23. The van der Waals surface area contributed by atoms with Crippen LogP contribution >= 0.6 is 0 Å². The lowest BCUT2D eigenvalue weighted by molar-refractivity contribution is -0.127. The predicted molar refractivity (Wildman–Crippen MR) is 90.1 cm³/mol. The average Bonchev–Trinajstić information content (AvgIpc) is 3.30. The summed E-state index contributed by atoms with van der Waals surface area (Å²) in [4.78, 5) is 35.5. The molecule has 2 aromatic rings. The van der Waals surface area contributed by atoms with Crippen LogP contribution in [0.4, 0.5) is 4.79 Å². The van der Waals surface area contributed by atoms with E-state index in [4.69, 9.17) is 4.74 Å². The lowest BCUT2D eigenvalue weighted by atomic mass is 10.2. The van der Waals surface area contributed by atoms with Crippen LogP contribution in [0.25, 0.3) is 0 Å². The third-order valence-corrected chi connectivity index (χ3v) is 3.74. The van der Waals surface area contributed by atoms with Crippen molar-refractivity contribution >= 4 is 17.9 Å². The molecular formula is C17H19N5O4. The largest absolute Gasteiger partial charge is 0.448 e. The molecule has 0 spiro atoms.